The van der Waals surface area contributed by atoms with E-state index in [4.69, 9.17) is 0 Å². The van der Waals surface area contributed by atoms with Gasteiger partial charge in [0.05, 0.1) is 11.2 Å². The molecular weight excluding hydrogens is 252 g/mol. The van der Waals surface area contributed by atoms with Crippen LogP contribution in [-0.4, -0.2) is 9.97 Å². The van der Waals surface area contributed by atoms with Crippen molar-refractivity contribution in [2.45, 2.75) is 26.2 Å². The standard InChI is InChI=1S/C12H13BrN2/c1-12(2,3)11-9-6-8(13)4-5-10(9)14-7-15-11/h4-7H,1-3H3. The van der Waals surface area contributed by atoms with Crippen LogP contribution in [0.3, 0.4) is 0 Å². The summed E-state index contributed by atoms with van der Waals surface area (Å²) in [5.41, 5.74) is 2.13. The van der Waals surface area contributed by atoms with E-state index in [1.54, 1.807) is 6.33 Å². The SMILES string of the molecule is CC(C)(C)c1ncnc2ccc(Br)cc12. The maximum Gasteiger partial charge on any atom is 0.116 e. The van der Waals surface area contributed by atoms with Crippen molar-refractivity contribution in [3.8, 4) is 0 Å². The van der Waals surface area contributed by atoms with E-state index in [0.717, 1.165) is 21.1 Å². The molecule has 2 aromatic rings. The minimum absolute atomic E-state index is 0.0436. The van der Waals surface area contributed by atoms with E-state index < -0.39 is 0 Å². The fraction of sp³-hybridized carbons (Fsp3) is 0.333. The van der Waals surface area contributed by atoms with Crippen LogP contribution in [0.2, 0.25) is 0 Å². The van der Waals surface area contributed by atoms with Gasteiger partial charge in [-0.05, 0) is 18.2 Å². The molecule has 3 heteroatoms. The van der Waals surface area contributed by atoms with Crippen LogP contribution in [0, 0.1) is 0 Å². The molecule has 2 nitrogen and oxygen atoms in total. The van der Waals surface area contributed by atoms with E-state index >= 15 is 0 Å². The molecule has 0 N–H and O–H groups in total. The number of fused-ring (bicyclic) bond motifs is 1. The van der Waals surface area contributed by atoms with Crippen molar-refractivity contribution < 1.29 is 0 Å². The molecule has 0 aliphatic heterocycles. The van der Waals surface area contributed by atoms with Crippen LogP contribution in [0.5, 0.6) is 0 Å². The van der Waals surface area contributed by atoms with Crippen LogP contribution in [0.15, 0.2) is 29.0 Å². The van der Waals surface area contributed by atoms with Crippen LogP contribution in [0.1, 0.15) is 26.5 Å². The summed E-state index contributed by atoms with van der Waals surface area (Å²) in [5.74, 6) is 0. The molecule has 0 spiro atoms. The maximum atomic E-state index is 4.39. The maximum absolute atomic E-state index is 4.39. The van der Waals surface area contributed by atoms with E-state index in [1.165, 1.54) is 0 Å². The molecule has 0 saturated carbocycles. The summed E-state index contributed by atoms with van der Waals surface area (Å²) in [7, 11) is 0. The molecule has 0 bridgehead atoms. The fourth-order valence-corrected chi connectivity index (χ4v) is 1.99. The van der Waals surface area contributed by atoms with E-state index in [2.05, 4.69) is 52.7 Å². The largest absolute Gasteiger partial charge is 0.240 e. The van der Waals surface area contributed by atoms with Crippen molar-refractivity contribution >= 4 is 26.8 Å². The Morgan fingerprint density at radius 3 is 2.53 bits per heavy atom. The van der Waals surface area contributed by atoms with E-state index in [-0.39, 0.29) is 5.41 Å². The molecular formula is C12H13BrN2. The average Bonchev–Trinajstić information content (AvgIpc) is 2.15. The zero-order valence-corrected chi connectivity index (χ0v) is 10.7. The smallest absolute Gasteiger partial charge is 0.116 e. The number of benzene rings is 1. The lowest BCUT2D eigenvalue weighted by atomic mass is 9.89. The molecule has 1 aromatic heterocycles. The quantitative estimate of drug-likeness (QED) is 0.726. The Morgan fingerprint density at radius 1 is 1.13 bits per heavy atom. The normalized spacial score (nSPS) is 12.0. The van der Waals surface area contributed by atoms with E-state index in [9.17, 15) is 0 Å². The van der Waals surface area contributed by atoms with Gasteiger partial charge in [0.15, 0.2) is 0 Å². The summed E-state index contributed by atoms with van der Waals surface area (Å²) in [6.07, 6.45) is 1.64. The molecule has 0 radical (unpaired) electrons. The third-order valence-corrected chi connectivity index (χ3v) is 2.80. The van der Waals surface area contributed by atoms with Crippen LogP contribution in [0.25, 0.3) is 10.9 Å². The third kappa shape index (κ3) is 2.02. The number of halogens is 1. The first-order valence-corrected chi connectivity index (χ1v) is 5.68. The van der Waals surface area contributed by atoms with Gasteiger partial charge in [-0.15, -0.1) is 0 Å². The second-order valence-corrected chi connectivity index (χ2v) is 5.55. The summed E-state index contributed by atoms with van der Waals surface area (Å²) in [6.45, 7) is 6.49. The van der Waals surface area contributed by atoms with Gasteiger partial charge >= 0.3 is 0 Å². The highest BCUT2D eigenvalue weighted by atomic mass is 79.9. The third-order valence-electron chi connectivity index (χ3n) is 2.31. The van der Waals surface area contributed by atoms with Gasteiger partial charge in [0, 0.05) is 15.3 Å². The number of hydrogen-bond donors (Lipinski definition) is 0. The molecule has 0 saturated heterocycles. The zero-order valence-electron chi connectivity index (χ0n) is 9.08. The average molecular weight is 265 g/mol. The van der Waals surface area contributed by atoms with Crippen LogP contribution >= 0.6 is 15.9 Å². The Hall–Kier alpha value is -0.960. The van der Waals surface area contributed by atoms with Gasteiger partial charge < -0.3 is 0 Å². The van der Waals surface area contributed by atoms with Crippen molar-refractivity contribution in [2.24, 2.45) is 0 Å². The number of hydrogen-bond acceptors (Lipinski definition) is 2. The lowest BCUT2D eigenvalue weighted by Crippen LogP contribution is -2.14. The van der Waals surface area contributed by atoms with E-state index in [1.807, 2.05) is 12.1 Å². The van der Waals surface area contributed by atoms with Crippen molar-refractivity contribution in [1.82, 2.24) is 9.97 Å². The Bertz CT molecular complexity index is 500. The second kappa shape index (κ2) is 3.56. The minimum atomic E-state index is 0.0436. The first-order chi connectivity index (χ1) is 6.98. The van der Waals surface area contributed by atoms with Gasteiger partial charge in [0.1, 0.15) is 6.33 Å². The number of nitrogens with zero attached hydrogens (tertiary/aromatic N) is 2. The molecule has 2 rings (SSSR count). The van der Waals surface area contributed by atoms with Gasteiger partial charge in [0.2, 0.25) is 0 Å². The van der Waals surface area contributed by atoms with Gasteiger partial charge in [-0.1, -0.05) is 36.7 Å². The summed E-state index contributed by atoms with van der Waals surface area (Å²) in [4.78, 5) is 8.65. The summed E-state index contributed by atoms with van der Waals surface area (Å²) >= 11 is 3.48. The second-order valence-electron chi connectivity index (χ2n) is 4.63. The first kappa shape index (κ1) is 10.6. The summed E-state index contributed by atoms with van der Waals surface area (Å²) < 4.78 is 1.07. The van der Waals surface area contributed by atoms with Crippen molar-refractivity contribution in [3.63, 3.8) is 0 Å². The summed E-state index contributed by atoms with van der Waals surface area (Å²) in [5, 5.41) is 1.12. The molecule has 15 heavy (non-hydrogen) atoms. The van der Waals surface area contributed by atoms with Crippen molar-refractivity contribution in [3.05, 3.63) is 34.7 Å². The highest BCUT2D eigenvalue weighted by Crippen LogP contribution is 2.28. The molecule has 1 heterocycles. The predicted molar refractivity (Wildman–Crippen MR) is 65.9 cm³/mol. The van der Waals surface area contributed by atoms with Gasteiger partial charge in [-0.2, -0.15) is 0 Å². The molecule has 0 aliphatic carbocycles. The molecule has 0 fully saturated rings. The van der Waals surface area contributed by atoms with Crippen molar-refractivity contribution in [2.75, 3.05) is 0 Å². The highest BCUT2D eigenvalue weighted by molar-refractivity contribution is 9.10. The van der Waals surface area contributed by atoms with E-state index in [0.29, 0.717) is 0 Å². The molecule has 0 atom stereocenters. The molecule has 0 unspecified atom stereocenters. The Labute approximate surface area is 97.9 Å². The first-order valence-electron chi connectivity index (χ1n) is 4.89. The Kier molecular flexibility index (Phi) is 2.51. The molecule has 78 valence electrons. The van der Waals surface area contributed by atoms with Crippen LogP contribution in [0.4, 0.5) is 0 Å². The number of rotatable bonds is 0. The zero-order chi connectivity index (χ0) is 11.1. The lowest BCUT2D eigenvalue weighted by molar-refractivity contribution is 0.574. The molecule has 0 amide bonds. The van der Waals surface area contributed by atoms with Gasteiger partial charge in [0.25, 0.3) is 0 Å². The minimum Gasteiger partial charge on any atom is -0.240 e. The Morgan fingerprint density at radius 2 is 1.87 bits per heavy atom. The predicted octanol–water partition coefficient (Wildman–Crippen LogP) is 3.69. The lowest BCUT2D eigenvalue weighted by Gasteiger charge is -2.19. The fourth-order valence-electron chi connectivity index (χ4n) is 1.63. The van der Waals surface area contributed by atoms with Crippen LogP contribution < -0.4 is 0 Å². The van der Waals surface area contributed by atoms with Gasteiger partial charge in [-0.3, -0.25) is 0 Å². The monoisotopic (exact) mass is 264 g/mol. The molecule has 0 aliphatic rings. The van der Waals surface area contributed by atoms with Gasteiger partial charge in [-0.25, -0.2) is 9.97 Å². The Balaban J connectivity index is 2.80. The van der Waals surface area contributed by atoms with Crippen molar-refractivity contribution in [1.29, 1.82) is 0 Å². The summed E-state index contributed by atoms with van der Waals surface area (Å²) in [6, 6.07) is 6.09. The number of aromatic nitrogens is 2. The molecule has 1 aromatic carbocycles. The highest BCUT2D eigenvalue weighted by Gasteiger charge is 2.18. The van der Waals surface area contributed by atoms with Crippen LogP contribution in [-0.2, 0) is 5.41 Å². The topological polar surface area (TPSA) is 25.8 Å².